The maximum atomic E-state index is 13.1. The summed E-state index contributed by atoms with van der Waals surface area (Å²) in [5.41, 5.74) is 0. The third kappa shape index (κ3) is 78.0. The summed E-state index contributed by atoms with van der Waals surface area (Å²) in [5.74, 6) is -0.511. The fraction of sp³-hybridized carbons (Fsp3) is 0.952. The lowest BCUT2D eigenvalue weighted by Gasteiger charge is -2.21. The zero-order chi connectivity index (χ0) is 75.6. The molecular weight excluding hydrogens is 1340 g/mol. The van der Waals surface area contributed by atoms with E-state index in [1.54, 1.807) is 0 Å². The predicted molar refractivity (Wildman–Crippen MR) is 423 cm³/mol. The Kier molecular flexibility index (Phi) is 74.1. The maximum Gasteiger partial charge on any atom is 0.472 e. The van der Waals surface area contributed by atoms with Crippen LogP contribution in [-0.4, -0.2) is 96.7 Å². The molecule has 0 saturated heterocycles. The van der Waals surface area contributed by atoms with Gasteiger partial charge in [0.1, 0.15) is 19.3 Å². The molecule has 0 aliphatic carbocycles. The number of hydrogen-bond acceptors (Lipinski definition) is 15. The number of carbonyl (C=O) groups excluding carboxylic acids is 4. The van der Waals surface area contributed by atoms with E-state index >= 15 is 0 Å². The monoisotopic (exact) mass is 1510 g/mol. The highest BCUT2D eigenvalue weighted by Gasteiger charge is 2.30. The third-order valence-corrected chi connectivity index (χ3v) is 21.6. The lowest BCUT2D eigenvalue weighted by atomic mass is 10.0. The van der Waals surface area contributed by atoms with Gasteiger partial charge < -0.3 is 33.8 Å². The van der Waals surface area contributed by atoms with Crippen molar-refractivity contribution in [1.82, 2.24) is 0 Å². The summed E-state index contributed by atoms with van der Waals surface area (Å²) < 4.78 is 68.8. The van der Waals surface area contributed by atoms with E-state index in [4.69, 9.17) is 37.0 Å². The molecule has 2 unspecified atom stereocenters. The SMILES string of the molecule is CCCCCCCCCCCCCCCCCCCCCCC(=O)O[C@H](COC(=O)CCCCCCCCCCCCCCCCC(C)C)COP(=O)(O)OC[C@@H](O)COP(=O)(O)OC[C@@H](COC(=O)CCCCCCCCCCC)OC(=O)CCCCCCCCCCCCCCCCC(C)C. The van der Waals surface area contributed by atoms with Gasteiger partial charge in [0.15, 0.2) is 12.2 Å². The standard InChI is InChI=1S/C84H164O17P2/c1-7-9-11-13-15-17-18-19-20-21-22-23-24-25-33-38-44-50-56-62-68-84(89)101-80(73-95-82(87)67-61-55-49-43-37-32-28-26-30-35-41-46-52-58-64-76(3)4)75-99-103(92,93)97-71-78(85)70-96-102(90,91)98-74-79(72-94-81(86)66-60-54-48-40-16-14-12-10-8-2)100-83(88)69-63-57-51-45-39-34-29-27-31-36-42-47-53-59-65-77(5)6/h76-80,85H,7-75H2,1-6H3,(H,90,91)(H,92,93)/t78-,79+,80+/m0/s1. The van der Waals surface area contributed by atoms with Gasteiger partial charge in [0, 0.05) is 25.7 Å². The summed E-state index contributed by atoms with van der Waals surface area (Å²) in [6.07, 6.45) is 66.6. The second-order valence-electron chi connectivity index (χ2n) is 31.2. The van der Waals surface area contributed by atoms with Crippen LogP contribution in [0.25, 0.3) is 0 Å². The van der Waals surface area contributed by atoms with Crippen LogP contribution >= 0.6 is 15.6 Å². The van der Waals surface area contributed by atoms with Crippen molar-refractivity contribution >= 4 is 39.5 Å². The van der Waals surface area contributed by atoms with E-state index in [0.29, 0.717) is 25.7 Å². The van der Waals surface area contributed by atoms with Gasteiger partial charge in [0.2, 0.25) is 0 Å². The summed E-state index contributed by atoms with van der Waals surface area (Å²) in [5, 5.41) is 10.7. The molecule has 0 aromatic carbocycles. The quantitative estimate of drug-likeness (QED) is 0.0222. The zero-order valence-electron chi connectivity index (χ0n) is 67.6. The lowest BCUT2D eigenvalue weighted by Crippen LogP contribution is -2.30. The first-order chi connectivity index (χ1) is 49.9. The minimum Gasteiger partial charge on any atom is -0.462 e. The molecule has 0 heterocycles. The Morgan fingerprint density at radius 3 is 0.660 bits per heavy atom. The fourth-order valence-corrected chi connectivity index (χ4v) is 14.6. The maximum absolute atomic E-state index is 13.1. The van der Waals surface area contributed by atoms with E-state index in [0.717, 1.165) is 102 Å². The first kappa shape index (κ1) is 101. The Morgan fingerprint density at radius 2 is 0.447 bits per heavy atom. The highest BCUT2D eigenvalue weighted by atomic mass is 31.2. The molecular formula is C84H164O17P2. The van der Waals surface area contributed by atoms with Crippen LogP contribution in [0.3, 0.4) is 0 Å². The van der Waals surface area contributed by atoms with Crippen molar-refractivity contribution in [3.05, 3.63) is 0 Å². The van der Waals surface area contributed by atoms with E-state index in [1.165, 1.54) is 263 Å². The summed E-state index contributed by atoms with van der Waals surface area (Å²) in [7, 11) is -9.92. The Balaban J connectivity index is 5.21. The minimum atomic E-state index is -4.96. The van der Waals surface area contributed by atoms with Crippen molar-refractivity contribution in [2.24, 2.45) is 11.8 Å². The number of aliphatic hydroxyl groups is 1. The van der Waals surface area contributed by atoms with Gasteiger partial charge in [0.05, 0.1) is 26.4 Å². The summed E-state index contributed by atoms with van der Waals surface area (Å²) >= 11 is 0. The molecule has 0 aromatic rings. The van der Waals surface area contributed by atoms with Gasteiger partial charge in [-0.25, -0.2) is 9.13 Å². The summed E-state index contributed by atoms with van der Waals surface area (Å²) in [6.45, 7) is 9.69. The van der Waals surface area contributed by atoms with Gasteiger partial charge in [-0.2, -0.15) is 0 Å². The Labute approximate surface area is 632 Å². The first-order valence-electron chi connectivity index (χ1n) is 43.5. The first-order valence-corrected chi connectivity index (χ1v) is 46.5. The number of ether oxygens (including phenoxy) is 4. The molecule has 0 aromatic heterocycles. The molecule has 0 aliphatic rings. The lowest BCUT2D eigenvalue weighted by molar-refractivity contribution is -0.161. The Bertz CT molecular complexity index is 1980. The minimum absolute atomic E-state index is 0.108. The van der Waals surface area contributed by atoms with Gasteiger partial charge in [-0.05, 0) is 37.5 Å². The topological polar surface area (TPSA) is 237 Å². The van der Waals surface area contributed by atoms with E-state index < -0.39 is 97.5 Å². The van der Waals surface area contributed by atoms with E-state index in [2.05, 4.69) is 41.5 Å². The molecule has 19 heteroatoms. The molecule has 103 heavy (non-hydrogen) atoms. The normalized spacial score (nSPS) is 13.9. The molecule has 0 radical (unpaired) electrons. The average molecular weight is 1510 g/mol. The Hall–Kier alpha value is -1.94. The molecule has 3 N–H and O–H groups in total. The number of hydrogen-bond donors (Lipinski definition) is 3. The van der Waals surface area contributed by atoms with Gasteiger partial charge in [0.25, 0.3) is 0 Å². The molecule has 5 atom stereocenters. The number of unbranched alkanes of at least 4 members (excludes halogenated alkanes) is 53. The molecule has 17 nitrogen and oxygen atoms in total. The fourth-order valence-electron chi connectivity index (χ4n) is 13.1. The van der Waals surface area contributed by atoms with Crippen molar-refractivity contribution in [2.45, 2.75) is 464 Å². The number of rotatable bonds is 83. The number of esters is 4. The van der Waals surface area contributed by atoms with Crippen LogP contribution in [0.1, 0.15) is 446 Å². The van der Waals surface area contributed by atoms with Gasteiger partial charge in [-0.1, -0.05) is 395 Å². The van der Waals surface area contributed by atoms with Crippen LogP contribution in [0, 0.1) is 11.8 Å². The third-order valence-electron chi connectivity index (χ3n) is 19.7. The predicted octanol–water partition coefficient (Wildman–Crippen LogP) is 25.5. The van der Waals surface area contributed by atoms with Crippen molar-refractivity contribution < 1.29 is 80.2 Å². The van der Waals surface area contributed by atoms with Gasteiger partial charge in [-0.3, -0.25) is 37.3 Å². The molecule has 0 rings (SSSR count). The highest BCUT2D eigenvalue weighted by molar-refractivity contribution is 7.47. The van der Waals surface area contributed by atoms with Crippen molar-refractivity contribution in [3.8, 4) is 0 Å². The average Bonchev–Trinajstić information content (AvgIpc) is 0.912. The largest absolute Gasteiger partial charge is 0.472 e. The molecule has 612 valence electrons. The second kappa shape index (κ2) is 75.5. The molecule has 0 bridgehead atoms. The van der Waals surface area contributed by atoms with Crippen LogP contribution in [0.4, 0.5) is 0 Å². The van der Waals surface area contributed by atoms with Gasteiger partial charge >= 0.3 is 39.5 Å². The van der Waals surface area contributed by atoms with Crippen LogP contribution in [0.2, 0.25) is 0 Å². The zero-order valence-corrected chi connectivity index (χ0v) is 69.4. The van der Waals surface area contributed by atoms with Crippen molar-refractivity contribution in [3.63, 3.8) is 0 Å². The molecule has 0 fully saturated rings. The van der Waals surface area contributed by atoms with Gasteiger partial charge in [-0.15, -0.1) is 0 Å². The van der Waals surface area contributed by atoms with E-state index in [1.807, 2.05) is 0 Å². The molecule has 0 aliphatic heterocycles. The second-order valence-corrected chi connectivity index (χ2v) is 34.1. The highest BCUT2D eigenvalue weighted by Crippen LogP contribution is 2.45. The number of carbonyl (C=O) groups is 4. The smallest absolute Gasteiger partial charge is 0.462 e. The van der Waals surface area contributed by atoms with Crippen molar-refractivity contribution in [2.75, 3.05) is 39.6 Å². The van der Waals surface area contributed by atoms with E-state index in [-0.39, 0.29) is 25.7 Å². The van der Waals surface area contributed by atoms with Crippen LogP contribution in [0.15, 0.2) is 0 Å². The van der Waals surface area contributed by atoms with Crippen molar-refractivity contribution in [1.29, 1.82) is 0 Å². The molecule has 0 spiro atoms. The number of phosphoric ester groups is 2. The van der Waals surface area contributed by atoms with Crippen LogP contribution < -0.4 is 0 Å². The summed E-state index contributed by atoms with van der Waals surface area (Å²) in [6, 6.07) is 0. The number of phosphoric acid groups is 2. The van der Waals surface area contributed by atoms with Crippen LogP contribution in [-0.2, 0) is 65.4 Å². The summed E-state index contributed by atoms with van der Waals surface area (Å²) in [4.78, 5) is 73.1. The van der Waals surface area contributed by atoms with Crippen LogP contribution in [0.5, 0.6) is 0 Å². The Morgan fingerprint density at radius 1 is 0.262 bits per heavy atom. The molecule has 0 saturated carbocycles. The molecule has 0 amide bonds. The number of aliphatic hydroxyl groups excluding tert-OH is 1. The van der Waals surface area contributed by atoms with E-state index in [9.17, 15) is 43.2 Å².